The van der Waals surface area contributed by atoms with Gasteiger partial charge in [-0.05, 0) is 48.6 Å². The van der Waals surface area contributed by atoms with Crippen LogP contribution in [0.2, 0.25) is 0 Å². The number of nitrogens with zero attached hydrogens (tertiary/aromatic N) is 2. The summed E-state index contributed by atoms with van der Waals surface area (Å²) in [4.78, 5) is 6.28. The van der Waals surface area contributed by atoms with E-state index in [1.165, 1.54) is 24.5 Å². The van der Waals surface area contributed by atoms with E-state index < -0.39 is 9.84 Å². The van der Waals surface area contributed by atoms with E-state index in [9.17, 15) is 8.42 Å². The number of pyridine rings is 1. The molecule has 0 spiro atoms. The SMILES string of the molecule is O=S(=O)(c1ccncc1)c1ccc(N2C=CC=CC=C2)cc1. The van der Waals surface area contributed by atoms with E-state index in [1.807, 2.05) is 41.6 Å². The molecule has 0 amide bonds. The van der Waals surface area contributed by atoms with Crippen LogP contribution in [-0.2, 0) is 9.84 Å². The van der Waals surface area contributed by atoms with Crippen LogP contribution in [-0.4, -0.2) is 13.4 Å². The van der Waals surface area contributed by atoms with Crippen LogP contribution in [0.5, 0.6) is 0 Å². The minimum absolute atomic E-state index is 0.244. The second kappa shape index (κ2) is 5.99. The predicted octanol–water partition coefficient (Wildman–Crippen LogP) is 3.32. The van der Waals surface area contributed by atoms with Crippen LogP contribution >= 0.6 is 0 Å². The minimum Gasteiger partial charge on any atom is -0.324 e. The Morgan fingerprint density at radius 3 is 1.86 bits per heavy atom. The van der Waals surface area contributed by atoms with Gasteiger partial charge in [-0.3, -0.25) is 4.98 Å². The third-order valence-corrected chi connectivity index (χ3v) is 5.02. The third kappa shape index (κ3) is 2.84. The topological polar surface area (TPSA) is 50.3 Å². The van der Waals surface area contributed by atoms with Gasteiger partial charge in [0.25, 0.3) is 0 Å². The van der Waals surface area contributed by atoms with Gasteiger partial charge in [0.1, 0.15) is 0 Å². The first-order valence-corrected chi connectivity index (χ1v) is 8.21. The van der Waals surface area contributed by atoms with E-state index in [1.54, 1.807) is 24.3 Å². The molecule has 2 aromatic rings. The quantitative estimate of drug-likeness (QED) is 0.872. The monoisotopic (exact) mass is 310 g/mol. The second-order valence-electron chi connectivity index (χ2n) is 4.66. The van der Waals surface area contributed by atoms with Crippen LogP contribution in [0.1, 0.15) is 0 Å². The molecule has 1 aliphatic heterocycles. The molecular formula is C17H14N2O2S. The van der Waals surface area contributed by atoms with E-state index in [2.05, 4.69) is 4.98 Å². The van der Waals surface area contributed by atoms with E-state index in [0.29, 0.717) is 0 Å². The lowest BCUT2D eigenvalue weighted by Gasteiger charge is -2.15. The highest BCUT2D eigenvalue weighted by Crippen LogP contribution is 2.24. The highest BCUT2D eigenvalue weighted by molar-refractivity contribution is 7.91. The fourth-order valence-electron chi connectivity index (χ4n) is 2.09. The average molecular weight is 310 g/mol. The predicted molar refractivity (Wildman–Crippen MR) is 86.0 cm³/mol. The van der Waals surface area contributed by atoms with Crippen LogP contribution in [0.15, 0.2) is 95.3 Å². The zero-order valence-corrected chi connectivity index (χ0v) is 12.5. The Kier molecular flexibility index (Phi) is 3.89. The molecule has 0 N–H and O–H groups in total. The van der Waals surface area contributed by atoms with Crippen molar-refractivity contribution in [3.63, 3.8) is 0 Å². The average Bonchev–Trinajstić information content (AvgIpc) is 2.85. The van der Waals surface area contributed by atoms with Gasteiger partial charge in [-0.2, -0.15) is 0 Å². The first-order valence-electron chi connectivity index (χ1n) is 6.73. The van der Waals surface area contributed by atoms with Gasteiger partial charge in [-0.15, -0.1) is 0 Å². The van der Waals surface area contributed by atoms with Gasteiger partial charge >= 0.3 is 0 Å². The van der Waals surface area contributed by atoms with Gasteiger partial charge in [0.05, 0.1) is 9.79 Å². The first kappa shape index (κ1) is 14.3. The van der Waals surface area contributed by atoms with E-state index >= 15 is 0 Å². The van der Waals surface area contributed by atoms with Crippen molar-refractivity contribution in [3.8, 4) is 0 Å². The van der Waals surface area contributed by atoms with Crippen LogP contribution in [0.25, 0.3) is 0 Å². The van der Waals surface area contributed by atoms with Crippen molar-refractivity contribution in [3.05, 3.63) is 85.5 Å². The molecule has 0 bridgehead atoms. The van der Waals surface area contributed by atoms with Crippen molar-refractivity contribution in [2.75, 3.05) is 4.90 Å². The maximum Gasteiger partial charge on any atom is 0.206 e. The summed E-state index contributed by atoms with van der Waals surface area (Å²) in [7, 11) is -3.50. The number of rotatable bonds is 3. The molecule has 22 heavy (non-hydrogen) atoms. The minimum atomic E-state index is -3.50. The lowest BCUT2D eigenvalue weighted by molar-refractivity contribution is 0.596. The van der Waals surface area contributed by atoms with Crippen molar-refractivity contribution >= 4 is 15.5 Å². The van der Waals surface area contributed by atoms with Gasteiger partial charge < -0.3 is 4.90 Å². The molecule has 2 heterocycles. The number of hydrogen-bond donors (Lipinski definition) is 0. The molecule has 4 nitrogen and oxygen atoms in total. The zero-order valence-electron chi connectivity index (χ0n) is 11.7. The molecule has 3 rings (SSSR count). The highest BCUT2D eigenvalue weighted by atomic mass is 32.2. The summed E-state index contributed by atoms with van der Waals surface area (Å²) in [5.74, 6) is 0. The summed E-state index contributed by atoms with van der Waals surface area (Å²) in [6, 6.07) is 9.79. The third-order valence-electron chi connectivity index (χ3n) is 3.23. The molecule has 1 aromatic heterocycles. The van der Waals surface area contributed by atoms with E-state index in [-0.39, 0.29) is 9.79 Å². The van der Waals surface area contributed by atoms with Crippen LogP contribution in [0.3, 0.4) is 0 Å². The number of benzene rings is 1. The molecule has 0 aliphatic carbocycles. The van der Waals surface area contributed by atoms with Crippen LogP contribution < -0.4 is 4.90 Å². The fourth-order valence-corrected chi connectivity index (χ4v) is 3.33. The van der Waals surface area contributed by atoms with E-state index in [4.69, 9.17) is 0 Å². The standard InChI is InChI=1S/C17H14N2O2S/c20-22(21,17-9-11-18-12-10-17)16-7-5-15(6-8-16)19-13-3-1-2-4-14-19/h1-14H. The fraction of sp³-hybridized carbons (Fsp3) is 0. The lowest BCUT2D eigenvalue weighted by atomic mass is 10.3. The Bertz CT molecular complexity index is 820. The number of anilines is 1. The number of aromatic nitrogens is 1. The van der Waals surface area contributed by atoms with Gasteiger partial charge in [-0.25, -0.2) is 8.42 Å². The van der Waals surface area contributed by atoms with Crippen molar-refractivity contribution in [2.24, 2.45) is 0 Å². The summed E-state index contributed by atoms with van der Waals surface area (Å²) in [6.07, 6.45) is 14.5. The molecule has 1 aliphatic rings. The number of allylic oxidation sites excluding steroid dienone is 4. The first-order chi connectivity index (χ1) is 10.7. The van der Waals surface area contributed by atoms with Crippen molar-refractivity contribution in [1.82, 2.24) is 4.98 Å². The molecule has 1 aromatic carbocycles. The Balaban J connectivity index is 1.92. The Morgan fingerprint density at radius 2 is 1.27 bits per heavy atom. The molecule has 0 atom stereocenters. The smallest absolute Gasteiger partial charge is 0.206 e. The summed E-state index contributed by atoms with van der Waals surface area (Å²) in [5.41, 5.74) is 0.893. The van der Waals surface area contributed by atoms with Crippen molar-refractivity contribution < 1.29 is 8.42 Å². The summed E-state index contributed by atoms with van der Waals surface area (Å²) < 4.78 is 25.0. The Hall–Kier alpha value is -2.66. The maximum absolute atomic E-state index is 12.5. The molecular weight excluding hydrogens is 296 g/mol. The Labute approximate surface area is 129 Å². The second-order valence-corrected chi connectivity index (χ2v) is 6.61. The highest BCUT2D eigenvalue weighted by Gasteiger charge is 2.17. The normalized spacial score (nSPS) is 14.1. The van der Waals surface area contributed by atoms with Crippen LogP contribution in [0, 0.1) is 0 Å². The number of hydrogen-bond acceptors (Lipinski definition) is 4. The molecule has 5 heteroatoms. The zero-order chi connectivity index (χ0) is 15.4. The lowest BCUT2D eigenvalue weighted by Crippen LogP contribution is -2.07. The van der Waals surface area contributed by atoms with Gasteiger partial charge in [0.2, 0.25) is 9.84 Å². The summed E-state index contributed by atoms with van der Waals surface area (Å²) in [5, 5.41) is 0. The molecule has 110 valence electrons. The van der Waals surface area contributed by atoms with Crippen molar-refractivity contribution in [1.29, 1.82) is 0 Å². The maximum atomic E-state index is 12.5. The summed E-state index contributed by atoms with van der Waals surface area (Å²) >= 11 is 0. The molecule has 0 radical (unpaired) electrons. The van der Waals surface area contributed by atoms with Crippen LogP contribution in [0.4, 0.5) is 5.69 Å². The Morgan fingerprint density at radius 1 is 0.727 bits per heavy atom. The van der Waals surface area contributed by atoms with Gasteiger partial charge in [-0.1, -0.05) is 12.2 Å². The van der Waals surface area contributed by atoms with Crippen molar-refractivity contribution in [2.45, 2.75) is 9.79 Å². The molecule has 0 saturated heterocycles. The molecule has 0 unspecified atom stereocenters. The van der Waals surface area contributed by atoms with Gasteiger partial charge in [0.15, 0.2) is 0 Å². The van der Waals surface area contributed by atoms with Gasteiger partial charge in [0, 0.05) is 30.5 Å². The van der Waals surface area contributed by atoms with E-state index in [0.717, 1.165) is 5.69 Å². The number of sulfone groups is 1. The summed E-state index contributed by atoms with van der Waals surface area (Å²) in [6.45, 7) is 0. The molecule has 0 saturated carbocycles. The molecule has 0 fully saturated rings. The largest absolute Gasteiger partial charge is 0.324 e.